The van der Waals surface area contributed by atoms with E-state index in [0.29, 0.717) is 18.5 Å². The Balaban J connectivity index is 1.66. The lowest BCUT2D eigenvalue weighted by Crippen LogP contribution is -2.59. The van der Waals surface area contributed by atoms with Gasteiger partial charge in [0.2, 0.25) is 0 Å². The molecule has 2 fully saturated rings. The standard InChI is InChI=1S/C20H23N3O2/c24-19(15-10-12-21-22-14-15)23-13-11-20(25,16-6-2-1-3-7-16)17-8-4-5-9-18(17)23/h1-3,6-7,10,12,14,17-18,25H,4-5,8-9,11,13H2/t17-,18+,20-/m0/s1. The van der Waals surface area contributed by atoms with Crippen molar-refractivity contribution in [1.29, 1.82) is 0 Å². The molecule has 5 nitrogen and oxygen atoms in total. The number of aromatic nitrogens is 2. The van der Waals surface area contributed by atoms with E-state index < -0.39 is 5.60 Å². The van der Waals surface area contributed by atoms with Crippen LogP contribution < -0.4 is 0 Å². The minimum absolute atomic E-state index is 0.00177. The first-order chi connectivity index (χ1) is 12.2. The summed E-state index contributed by atoms with van der Waals surface area (Å²) in [4.78, 5) is 14.9. The molecular weight excluding hydrogens is 314 g/mol. The topological polar surface area (TPSA) is 66.3 Å². The Morgan fingerprint density at radius 3 is 2.68 bits per heavy atom. The van der Waals surface area contributed by atoms with Crippen molar-refractivity contribution in [2.75, 3.05) is 6.54 Å². The predicted molar refractivity (Wildman–Crippen MR) is 93.8 cm³/mol. The molecule has 1 amide bonds. The lowest BCUT2D eigenvalue weighted by atomic mass is 9.66. The average Bonchev–Trinajstić information content (AvgIpc) is 2.69. The maximum absolute atomic E-state index is 13.0. The average molecular weight is 337 g/mol. The van der Waals surface area contributed by atoms with Crippen molar-refractivity contribution >= 4 is 5.91 Å². The third-order valence-electron chi connectivity index (χ3n) is 5.84. The van der Waals surface area contributed by atoms with E-state index >= 15 is 0 Å². The second kappa shape index (κ2) is 6.56. The minimum atomic E-state index is -0.848. The highest BCUT2D eigenvalue weighted by Gasteiger charge is 2.50. The van der Waals surface area contributed by atoms with Crippen LogP contribution in [0, 0.1) is 5.92 Å². The zero-order valence-electron chi connectivity index (χ0n) is 14.2. The zero-order valence-corrected chi connectivity index (χ0v) is 14.2. The smallest absolute Gasteiger partial charge is 0.255 e. The van der Waals surface area contributed by atoms with Crippen molar-refractivity contribution in [3.8, 4) is 0 Å². The van der Waals surface area contributed by atoms with Crippen LogP contribution in [0.15, 0.2) is 48.8 Å². The van der Waals surface area contributed by atoms with Crippen LogP contribution in [0.1, 0.15) is 48.0 Å². The second-order valence-electron chi connectivity index (χ2n) is 7.13. The Morgan fingerprint density at radius 1 is 1.12 bits per heavy atom. The number of hydrogen-bond acceptors (Lipinski definition) is 4. The number of rotatable bonds is 2. The van der Waals surface area contributed by atoms with Crippen LogP contribution in [0.2, 0.25) is 0 Å². The van der Waals surface area contributed by atoms with Crippen molar-refractivity contribution in [3.05, 3.63) is 59.9 Å². The normalized spacial score (nSPS) is 29.1. The van der Waals surface area contributed by atoms with E-state index in [1.165, 1.54) is 6.20 Å². The van der Waals surface area contributed by atoms with Gasteiger partial charge in [-0.1, -0.05) is 43.2 Å². The molecule has 1 aliphatic carbocycles. The summed E-state index contributed by atoms with van der Waals surface area (Å²) in [6.45, 7) is 0.563. The molecule has 2 heterocycles. The van der Waals surface area contributed by atoms with Gasteiger partial charge in [-0.15, -0.1) is 0 Å². The van der Waals surface area contributed by atoms with Gasteiger partial charge in [-0.2, -0.15) is 10.2 Å². The third-order valence-corrected chi connectivity index (χ3v) is 5.84. The highest BCUT2D eigenvalue weighted by molar-refractivity contribution is 5.94. The summed E-state index contributed by atoms with van der Waals surface area (Å²) >= 11 is 0. The number of carbonyl (C=O) groups is 1. The summed E-state index contributed by atoms with van der Waals surface area (Å²) in [6.07, 6.45) is 7.76. The van der Waals surface area contributed by atoms with Gasteiger partial charge in [0, 0.05) is 18.5 Å². The molecular formula is C20H23N3O2. The van der Waals surface area contributed by atoms with E-state index in [0.717, 1.165) is 31.2 Å². The van der Waals surface area contributed by atoms with Crippen LogP contribution in [0.25, 0.3) is 0 Å². The SMILES string of the molecule is O=C(c1ccnnc1)N1CC[C@](O)(c2ccccc2)[C@H]2CCCC[C@H]21. The number of amides is 1. The van der Waals surface area contributed by atoms with Crippen molar-refractivity contribution in [2.45, 2.75) is 43.7 Å². The summed E-state index contributed by atoms with van der Waals surface area (Å²) in [6, 6.07) is 11.7. The number of nitrogens with zero attached hydrogens (tertiary/aromatic N) is 3. The number of piperidine rings is 1. The molecule has 25 heavy (non-hydrogen) atoms. The van der Waals surface area contributed by atoms with Crippen molar-refractivity contribution < 1.29 is 9.90 Å². The molecule has 1 saturated heterocycles. The maximum Gasteiger partial charge on any atom is 0.255 e. The summed E-state index contributed by atoms with van der Waals surface area (Å²) < 4.78 is 0. The number of fused-ring (bicyclic) bond motifs is 1. The molecule has 2 aromatic rings. The van der Waals surface area contributed by atoms with E-state index in [1.54, 1.807) is 12.3 Å². The fraction of sp³-hybridized carbons (Fsp3) is 0.450. The van der Waals surface area contributed by atoms with Gasteiger partial charge in [-0.25, -0.2) is 0 Å². The molecule has 0 radical (unpaired) electrons. The van der Waals surface area contributed by atoms with Gasteiger partial charge >= 0.3 is 0 Å². The van der Waals surface area contributed by atoms with Crippen LogP contribution in [-0.4, -0.2) is 38.7 Å². The number of carbonyl (C=O) groups excluding carboxylic acids is 1. The van der Waals surface area contributed by atoms with Gasteiger partial charge in [0.15, 0.2) is 0 Å². The summed E-state index contributed by atoms with van der Waals surface area (Å²) in [5.41, 5.74) is 0.702. The molecule has 0 bridgehead atoms. The predicted octanol–water partition coefficient (Wildman–Crippen LogP) is 2.77. The first kappa shape index (κ1) is 16.2. The molecule has 1 saturated carbocycles. The van der Waals surface area contributed by atoms with Crippen LogP contribution in [0.5, 0.6) is 0 Å². The van der Waals surface area contributed by atoms with Gasteiger partial charge in [0.1, 0.15) is 0 Å². The van der Waals surface area contributed by atoms with Crippen LogP contribution in [0.4, 0.5) is 0 Å². The van der Waals surface area contributed by atoms with Crippen molar-refractivity contribution in [1.82, 2.24) is 15.1 Å². The highest BCUT2D eigenvalue weighted by Crippen LogP contribution is 2.47. The van der Waals surface area contributed by atoms with E-state index in [9.17, 15) is 9.90 Å². The third kappa shape index (κ3) is 2.82. The summed E-state index contributed by atoms with van der Waals surface area (Å²) in [7, 11) is 0. The Hall–Kier alpha value is -2.27. The number of hydrogen-bond donors (Lipinski definition) is 1. The van der Waals surface area contributed by atoms with E-state index in [1.807, 2.05) is 35.2 Å². The molecule has 0 unspecified atom stereocenters. The van der Waals surface area contributed by atoms with Gasteiger partial charge in [-0.3, -0.25) is 4.79 Å². The second-order valence-corrected chi connectivity index (χ2v) is 7.13. The molecule has 2 aliphatic rings. The Labute approximate surface area is 147 Å². The molecule has 5 heteroatoms. The number of aliphatic hydroxyl groups is 1. The first-order valence-corrected chi connectivity index (χ1v) is 9.06. The highest BCUT2D eigenvalue weighted by atomic mass is 16.3. The van der Waals surface area contributed by atoms with E-state index in [4.69, 9.17) is 0 Å². The van der Waals surface area contributed by atoms with Crippen molar-refractivity contribution in [2.24, 2.45) is 5.92 Å². The largest absolute Gasteiger partial charge is 0.385 e. The quantitative estimate of drug-likeness (QED) is 0.915. The van der Waals surface area contributed by atoms with E-state index in [-0.39, 0.29) is 17.9 Å². The lowest BCUT2D eigenvalue weighted by molar-refractivity contribution is -0.110. The molecule has 4 rings (SSSR count). The molecule has 1 aromatic heterocycles. The van der Waals surface area contributed by atoms with E-state index in [2.05, 4.69) is 10.2 Å². The fourth-order valence-corrected chi connectivity index (χ4v) is 4.60. The fourth-order valence-electron chi connectivity index (χ4n) is 4.60. The number of benzene rings is 1. The van der Waals surface area contributed by atoms with Gasteiger partial charge in [-0.05, 0) is 30.9 Å². The molecule has 3 atom stereocenters. The molecule has 1 N–H and O–H groups in total. The molecule has 0 spiro atoms. The van der Waals surface area contributed by atoms with Crippen molar-refractivity contribution in [3.63, 3.8) is 0 Å². The minimum Gasteiger partial charge on any atom is -0.385 e. The monoisotopic (exact) mass is 337 g/mol. The Kier molecular flexibility index (Phi) is 4.25. The zero-order chi connectivity index (χ0) is 17.3. The number of likely N-dealkylation sites (tertiary alicyclic amines) is 1. The summed E-state index contributed by atoms with van der Waals surface area (Å²) in [5.74, 6) is 0.0815. The molecule has 130 valence electrons. The maximum atomic E-state index is 13.0. The molecule has 1 aliphatic heterocycles. The van der Waals surface area contributed by atoms with Crippen LogP contribution in [0.3, 0.4) is 0 Å². The first-order valence-electron chi connectivity index (χ1n) is 9.06. The summed E-state index contributed by atoms with van der Waals surface area (Å²) in [5, 5.41) is 19.1. The van der Waals surface area contributed by atoms with Gasteiger partial charge in [0.25, 0.3) is 5.91 Å². The van der Waals surface area contributed by atoms with Crippen LogP contribution >= 0.6 is 0 Å². The van der Waals surface area contributed by atoms with Gasteiger partial charge in [0.05, 0.1) is 23.6 Å². The Morgan fingerprint density at radius 2 is 1.92 bits per heavy atom. The Bertz CT molecular complexity index is 737. The van der Waals surface area contributed by atoms with Gasteiger partial charge < -0.3 is 10.0 Å². The van der Waals surface area contributed by atoms with Crippen LogP contribution in [-0.2, 0) is 5.60 Å². The lowest BCUT2D eigenvalue weighted by Gasteiger charge is -2.52. The molecule has 1 aromatic carbocycles.